The SMILES string of the molecule is CN=C(NCCc1c(C)noc1C)NC(C)CCC1CCCCC1. The largest absolute Gasteiger partial charge is 0.361 e. The van der Waals surface area contributed by atoms with Crippen LogP contribution in [-0.4, -0.2) is 30.8 Å². The van der Waals surface area contributed by atoms with Crippen LogP contribution in [0.3, 0.4) is 0 Å². The van der Waals surface area contributed by atoms with E-state index in [-0.39, 0.29) is 0 Å². The summed E-state index contributed by atoms with van der Waals surface area (Å²) in [5.41, 5.74) is 2.18. The Bertz CT molecular complexity index is 498. The molecule has 136 valence electrons. The Labute approximate surface area is 146 Å². The van der Waals surface area contributed by atoms with E-state index in [2.05, 4.69) is 27.7 Å². The van der Waals surface area contributed by atoms with E-state index in [1.54, 1.807) is 0 Å². The number of hydrogen-bond donors (Lipinski definition) is 2. The first-order valence-corrected chi connectivity index (χ1v) is 9.49. The van der Waals surface area contributed by atoms with Crippen molar-refractivity contribution in [2.45, 2.75) is 78.2 Å². The van der Waals surface area contributed by atoms with Gasteiger partial charge in [-0.2, -0.15) is 0 Å². The minimum atomic E-state index is 0.456. The van der Waals surface area contributed by atoms with Crippen molar-refractivity contribution in [3.63, 3.8) is 0 Å². The van der Waals surface area contributed by atoms with Crippen LogP contribution in [-0.2, 0) is 6.42 Å². The zero-order chi connectivity index (χ0) is 17.4. The average molecular weight is 335 g/mol. The third-order valence-electron chi connectivity index (χ3n) is 5.19. The summed E-state index contributed by atoms with van der Waals surface area (Å²) in [6.45, 7) is 7.05. The fourth-order valence-electron chi connectivity index (χ4n) is 3.63. The molecule has 0 spiro atoms. The Morgan fingerprint density at radius 2 is 2.04 bits per heavy atom. The molecule has 0 bridgehead atoms. The number of nitrogens with zero attached hydrogens (tertiary/aromatic N) is 2. The van der Waals surface area contributed by atoms with Crippen LogP contribution in [0.15, 0.2) is 9.52 Å². The molecule has 1 heterocycles. The molecule has 1 aliphatic carbocycles. The highest BCUT2D eigenvalue weighted by Gasteiger charge is 2.15. The maximum absolute atomic E-state index is 5.21. The van der Waals surface area contributed by atoms with Crippen molar-refractivity contribution in [3.8, 4) is 0 Å². The second-order valence-corrected chi connectivity index (χ2v) is 7.18. The van der Waals surface area contributed by atoms with Gasteiger partial charge in [0.25, 0.3) is 0 Å². The van der Waals surface area contributed by atoms with Gasteiger partial charge in [-0.3, -0.25) is 4.99 Å². The van der Waals surface area contributed by atoms with E-state index in [1.165, 1.54) is 50.5 Å². The smallest absolute Gasteiger partial charge is 0.191 e. The molecule has 5 nitrogen and oxygen atoms in total. The topological polar surface area (TPSA) is 62.5 Å². The lowest BCUT2D eigenvalue weighted by Crippen LogP contribution is -2.43. The molecular weight excluding hydrogens is 300 g/mol. The number of guanidine groups is 1. The van der Waals surface area contributed by atoms with E-state index in [4.69, 9.17) is 4.52 Å². The summed E-state index contributed by atoms with van der Waals surface area (Å²) in [6, 6.07) is 0.456. The lowest BCUT2D eigenvalue weighted by molar-refractivity contribution is 0.322. The molecule has 1 fully saturated rings. The first-order chi connectivity index (χ1) is 11.6. The number of aliphatic imine (C=N–C) groups is 1. The van der Waals surface area contributed by atoms with E-state index < -0.39 is 0 Å². The van der Waals surface area contributed by atoms with Gasteiger partial charge in [-0.05, 0) is 46.0 Å². The molecular formula is C19H34N4O. The minimum Gasteiger partial charge on any atom is -0.361 e. The summed E-state index contributed by atoms with van der Waals surface area (Å²) in [6.07, 6.45) is 10.6. The van der Waals surface area contributed by atoms with Crippen LogP contribution in [0.1, 0.15) is 68.9 Å². The summed E-state index contributed by atoms with van der Waals surface area (Å²) in [7, 11) is 1.83. The third kappa shape index (κ3) is 5.84. The van der Waals surface area contributed by atoms with Gasteiger partial charge in [0.15, 0.2) is 5.96 Å². The van der Waals surface area contributed by atoms with Gasteiger partial charge < -0.3 is 15.2 Å². The van der Waals surface area contributed by atoms with Gasteiger partial charge in [-0.25, -0.2) is 0 Å². The van der Waals surface area contributed by atoms with Gasteiger partial charge in [0.1, 0.15) is 5.76 Å². The van der Waals surface area contributed by atoms with Gasteiger partial charge in [-0.15, -0.1) is 0 Å². The second kappa shape index (κ2) is 9.70. The molecule has 1 aromatic heterocycles. The molecule has 0 saturated heterocycles. The molecule has 1 atom stereocenters. The fraction of sp³-hybridized carbons (Fsp3) is 0.789. The van der Waals surface area contributed by atoms with Gasteiger partial charge in [0.2, 0.25) is 0 Å². The summed E-state index contributed by atoms with van der Waals surface area (Å²) >= 11 is 0. The molecule has 1 aliphatic rings. The van der Waals surface area contributed by atoms with E-state index in [0.717, 1.165) is 36.3 Å². The first kappa shape index (κ1) is 18.8. The maximum Gasteiger partial charge on any atom is 0.191 e. The summed E-state index contributed by atoms with van der Waals surface area (Å²) < 4.78 is 5.21. The Kier molecular flexibility index (Phi) is 7.60. The Hall–Kier alpha value is -1.52. The lowest BCUT2D eigenvalue weighted by Gasteiger charge is -2.24. The molecule has 1 saturated carbocycles. The molecule has 24 heavy (non-hydrogen) atoms. The Morgan fingerprint density at radius 1 is 1.29 bits per heavy atom. The number of aryl methyl sites for hydroxylation is 2. The molecule has 2 rings (SSSR count). The predicted octanol–water partition coefficient (Wildman–Crippen LogP) is 3.75. The zero-order valence-electron chi connectivity index (χ0n) is 15.8. The van der Waals surface area contributed by atoms with E-state index in [9.17, 15) is 0 Å². The normalized spacial score (nSPS) is 17.8. The maximum atomic E-state index is 5.21. The molecule has 1 aromatic rings. The van der Waals surface area contributed by atoms with Crippen molar-refractivity contribution in [1.82, 2.24) is 15.8 Å². The molecule has 0 radical (unpaired) electrons. The van der Waals surface area contributed by atoms with E-state index in [1.807, 2.05) is 20.9 Å². The molecule has 5 heteroatoms. The molecule has 2 N–H and O–H groups in total. The van der Waals surface area contributed by atoms with Crippen molar-refractivity contribution >= 4 is 5.96 Å². The molecule has 0 aliphatic heterocycles. The van der Waals surface area contributed by atoms with Crippen LogP contribution in [0, 0.1) is 19.8 Å². The van der Waals surface area contributed by atoms with Gasteiger partial charge in [0, 0.05) is 25.2 Å². The zero-order valence-corrected chi connectivity index (χ0v) is 15.8. The number of aromatic nitrogens is 1. The number of hydrogen-bond acceptors (Lipinski definition) is 3. The molecule has 1 unspecified atom stereocenters. The summed E-state index contributed by atoms with van der Waals surface area (Å²) in [4.78, 5) is 4.34. The van der Waals surface area contributed by atoms with Crippen molar-refractivity contribution < 1.29 is 4.52 Å². The van der Waals surface area contributed by atoms with Gasteiger partial charge in [-0.1, -0.05) is 37.3 Å². The first-order valence-electron chi connectivity index (χ1n) is 9.49. The number of nitrogens with one attached hydrogen (secondary N) is 2. The highest BCUT2D eigenvalue weighted by atomic mass is 16.5. The average Bonchev–Trinajstić information content (AvgIpc) is 2.91. The van der Waals surface area contributed by atoms with Crippen LogP contribution in [0.4, 0.5) is 0 Å². The monoisotopic (exact) mass is 334 g/mol. The van der Waals surface area contributed by atoms with Crippen LogP contribution >= 0.6 is 0 Å². The quantitative estimate of drug-likeness (QED) is 0.589. The Morgan fingerprint density at radius 3 is 2.67 bits per heavy atom. The van der Waals surface area contributed by atoms with Crippen molar-refractivity contribution in [2.24, 2.45) is 10.9 Å². The summed E-state index contributed by atoms with van der Waals surface area (Å²) in [5, 5.41) is 10.9. The Balaban J connectivity index is 1.67. The van der Waals surface area contributed by atoms with Crippen molar-refractivity contribution in [2.75, 3.05) is 13.6 Å². The standard InChI is InChI=1S/C19H34N4O/c1-14(10-11-17-8-6-5-7-9-17)22-19(20-4)21-13-12-18-15(2)23-24-16(18)3/h14,17H,5-13H2,1-4H3,(H2,20,21,22). The van der Waals surface area contributed by atoms with Gasteiger partial charge >= 0.3 is 0 Å². The van der Waals surface area contributed by atoms with Crippen LogP contribution in [0.2, 0.25) is 0 Å². The molecule has 0 amide bonds. The van der Waals surface area contributed by atoms with Crippen molar-refractivity contribution in [1.29, 1.82) is 0 Å². The molecule has 0 aromatic carbocycles. The highest BCUT2D eigenvalue weighted by molar-refractivity contribution is 5.79. The van der Waals surface area contributed by atoms with Gasteiger partial charge in [0.05, 0.1) is 5.69 Å². The number of rotatable bonds is 7. The minimum absolute atomic E-state index is 0.456. The van der Waals surface area contributed by atoms with Crippen LogP contribution < -0.4 is 10.6 Å². The third-order valence-corrected chi connectivity index (χ3v) is 5.19. The van der Waals surface area contributed by atoms with Crippen molar-refractivity contribution in [3.05, 3.63) is 17.0 Å². The lowest BCUT2D eigenvalue weighted by atomic mass is 9.85. The summed E-state index contributed by atoms with van der Waals surface area (Å²) in [5.74, 6) is 2.74. The second-order valence-electron chi connectivity index (χ2n) is 7.18. The fourth-order valence-corrected chi connectivity index (χ4v) is 3.63. The predicted molar refractivity (Wildman–Crippen MR) is 99.4 cm³/mol. The highest BCUT2D eigenvalue weighted by Crippen LogP contribution is 2.27. The van der Waals surface area contributed by atoms with E-state index in [0.29, 0.717) is 6.04 Å². The van der Waals surface area contributed by atoms with Crippen LogP contribution in [0.5, 0.6) is 0 Å². The van der Waals surface area contributed by atoms with E-state index >= 15 is 0 Å². The van der Waals surface area contributed by atoms with Crippen LogP contribution in [0.25, 0.3) is 0 Å².